The van der Waals surface area contributed by atoms with E-state index in [9.17, 15) is 0 Å². The zero-order valence-corrected chi connectivity index (χ0v) is 14.8. The molecule has 3 aromatic rings. The quantitative estimate of drug-likeness (QED) is 0.699. The number of likely N-dealkylation sites (N-methyl/N-ethyl adjacent to an activating group) is 1. The normalized spacial score (nSPS) is 10.5. The SMILES string of the molecule is CN(CCc1ccncc1)c1nccc(NCc2ccccc2Cl)n1. The zero-order valence-electron chi connectivity index (χ0n) is 14.1. The molecule has 0 unspecified atom stereocenters. The van der Waals surface area contributed by atoms with Crippen molar-refractivity contribution in [2.45, 2.75) is 13.0 Å². The number of anilines is 2. The van der Waals surface area contributed by atoms with E-state index in [-0.39, 0.29) is 0 Å². The summed E-state index contributed by atoms with van der Waals surface area (Å²) in [6.45, 7) is 1.45. The lowest BCUT2D eigenvalue weighted by Crippen LogP contribution is -2.22. The van der Waals surface area contributed by atoms with Crippen molar-refractivity contribution in [3.8, 4) is 0 Å². The van der Waals surface area contributed by atoms with Crippen LogP contribution in [0.1, 0.15) is 11.1 Å². The molecule has 0 saturated heterocycles. The Balaban J connectivity index is 1.59. The van der Waals surface area contributed by atoms with Gasteiger partial charge in [0, 0.05) is 43.8 Å². The van der Waals surface area contributed by atoms with Gasteiger partial charge < -0.3 is 10.2 Å². The lowest BCUT2D eigenvalue weighted by atomic mass is 10.2. The fraction of sp³-hybridized carbons (Fsp3) is 0.211. The molecule has 0 bridgehead atoms. The van der Waals surface area contributed by atoms with Crippen molar-refractivity contribution in [1.29, 1.82) is 0 Å². The van der Waals surface area contributed by atoms with Crippen LogP contribution in [0, 0.1) is 0 Å². The lowest BCUT2D eigenvalue weighted by molar-refractivity contribution is 0.836. The van der Waals surface area contributed by atoms with Crippen LogP contribution in [-0.2, 0) is 13.0 Å². The Kier molecular flexibility index (Phi) is 5.80. The number of benzene rings is 1. The van der Waals surface area contributed by atoms with E-state index in [0.717, 1.165) is 29.4 Å². The van der Waals surface area contributed by atoms with Gasteiger partial charge >= 0.3 is 0 Å². The van der Waals surface area contributed by atoms with Crippen LogP contribution in [-0.4, -0.2) is 28.5 Å². The van der Waals surface area contributed by atoms with Gasteiger partial charge in [-0.1, -0.05) is 29.8 Å². The minimum absolute atomic E-state index is 0.622. The number of hydrogen-bond donors (Lipinski definition) is 1. The Labute approximate surface area is 152 Å². The minimum atomic E-state index is 0.622. The molecule has 0 radical (unpaired) electrons. The number of hydrogen-bond acceptors (Lipinski definition) is 5. The van der Waals surface area contributed by atoms with Gasteiger partial charge in [0.1, 0.15) is 5.82 Å². The van der Waals surface area contributed by atoms with E-state index in [1.165, 1.54) is 5.56 Å². The van der Waals surface area contributed by atoms with Crippen molar-refractivity contribution in [2.24, 2.45) is 0 Å². The van der Waals surface area contributed by atoms with Crippen LogP contribution in [0.25, 0.3) is 0 Å². The molecule has 0 atom stereocenters. The highest BCUT2D eigenvalue weighted by Crippen LogP contribution is 2.17. The van der Waals surface area contributed by atoms with Crippen LogP contribution < -0.4 is 10.2 Å². The summed E-state index contributed by atoms with van der Waals surface area (Å²) in [6, 6.07) is 13.7. The summed E-state index contributed by atoms with van der Waals surface area (Å²) in [5.41, 5.74) is 2.28. The van der Waals surface area contributed by atoms with Gasteiger partial charge in [0.15, 0.2) is 0 Å². The molecule has 6 heteroatoms. The third kappa shape index (κ3) is 4.90. The van der Waals surface area contributed by atoms with Crippen LogP contribution in [0.15, 0.2) is 61.1 Å². The van der Waals surface area contributed by atoms with Crippen molar-refractivity contribution in [3.63, 3.8) is 0 Å². The predicted molar refractivity (Wildman–Crippen MR) is 102 cm³/mol. The number of nitrogens with one attached hydrogen (secondary N) is 1. The maximum atomic E-state index is 6.19. The third-order valence-corrected chi connectivity index (χ3v) is 4.26. The summed E-state index contributed by atoms with van der Waals surface area (Å²) < 4.78 is 0. The smallest absolute Gasteiger partial charge is 0.226 e. The predicted octanol–water partition coefficient (Wildman–Crippen LogP) is 3.82. The lowest BCUT2D eigenvalue weighted by Gasteiger charge is -2.17. The first-order valence-corrected chi connectivity index (χ1v) is 8.50. The molecule has 0 amide bonds. The summed E-state index contributed by atoms with van der Waals surface area (Å²) in [7, 11) is 1.99. The number of nitrogens with zero attached hydrogens (tertiary/aromatic N) is 4. The molecule has 0 saturated carbocycles. The molecule has 5 nitrogen and oxygen atoms in total. The number of rotatable bonds is 7. The molecule has 2 heterocycles. The molecule has 25 heavy (non-hydrogen) atoms. The van der Waals surface area contributed by atoms with Crippen molar-refractivity contribution >= 4 is 23.4 Å². The largest absolute Gasteiger partial charge is 0.366 e. The van der Waals surface area contributed by atoms with E-state index in [4.69, 9.17) is 11.6 Å². The highest BCUT2D eigenvalue weighted by Gasteiger charge is 2.06. The maximum absolute atomic E-state index is 6.19. The molecule has 0 aliphatic heterocycles. The monoisotopic (exact) mass is 353 g/mol. The topological polar surface area (TPSA) is 53.9 Å². The van der Waals surface area contributed by atoms with E-state index in [1.54, 1.807) is 6.20 Å². The first-order chi connectivity index (χ1) is 12.2. The van der Waals surface area contributed by atoms with Crippen LogP contribution in [0.2, 0.25) is 5.02 Å². The number of pyridine rings is 1. The molecule has 1 aromatic carbocycles. The summed E-state index contributed by atoms with van der Waals surface area (Å²) in [5, 5.41) is 4.05. The van der Waals surface area contributed by atoms with Crippen LogP contribution >= 0.6 is 11.6 Å². The Bertz CT molecular complexity index is 810. The highest BCUT2D eigenvalue weighted by atomic mass is 35.5. The Morgan fingerprint density at radius 2 is 1.84 bits per heavy atom. The van der Waals surface area contributed by atoms with Gasteiger partial charge in [-0.25, -0.2) is 4.98 Å². The zero-order chi connectivity index (χ0) is 17.5. The van der Waals surface area contributed by atoms with Gasteiger partial charge in [-0.2, -0.15) is 4.98 Å². The van der Waals surface area contributed by atoms with Crippen molar-refractivity contribution in [1.82, 2.24) is 15.0 Å². The molecule has 3 rings (SSSR count). The Morgan fingerprint density at radius 1 is 1.04 bits per heavy atom. The fourth-order valence-electron chi connectivity index (χ4n) is 2.40. The average Bonchev–Trinajstić information content (AvgIpc) is 2.66. The molecule has 128 valence electrons. The van der Waals surface area contributed by atoms with Crippen molar-refractivity contribution in [2.75, 3.05) is 23.8 Å². The van der Waals surface area contributed by atoms with Crippen LogP contribution in [0.3, 0.4) is 0 Å². The highest BCUT2D eigenvalue weighted by molar-refractivity contribution is 6.31. The molecule has 0 aliphatic rings. The molecule has 2 aromatic heterocycles. The standard InChI is InChI=1S/C19H20ClN5/c1-25(13-9-15-6-10-21-11-7-15)19-22-12-8-18(24-19)23-14-16-4-2-3-5-17(16)20/h2-8,10-12H,9,13-14H2,1H3,(H,22,23,24). The summed E-state index contributed by atoms with van der Waals surface area (Å²) in [4.78, 5) is 15.0. The van der Waals surface area contributed by atoms with Crippen LogP contribution in [0.4, 0.5) is 11.8 Å². The fourth-order valence-corrected chi connectivity index (χ4v) is 2.61. The van der Waals surface area contributed by atoms with E-state index >= 15 is 0 Å². The number of aromatic nitrogens is 3. The second-order valence-corrected chi connectivity index (χ2v) is 6.12. The molecular weight excluding hydrogens is 334 g/mol. The molecular formula is C19H20ClN5. The van der Waals surface area contributed by atoms with Gasteiger partial charge in [-0.15, -0.1) is 0 Å². The molecule has 0 spiro atoms. The molecule has 0 fully saturated rings. The second kappa shape index (κ2) is 8.44. The third-order valence-electron chi connectivity index (χ3n) is 3.89. The van der Waals surface area contributed by atoms with Gasteiger partial charge in [-0.05, 0) is 41.8 Å². The van der Waals surface area contributed by atoms with Gasteiger partial charge in [0.25, 0.3) is 0 Å². The molecule has 0 aliphatic carbocycles. The van der Waals surface area contributed by atoms with Crippen molar-refractivity contribution < 1.29 is 0 Å². The molecule has 1 N–H and O–H groups in total. The summed E-state index contributed by atoms with van der Waals surface area (Å²) >= 11 is 6.19. The second-order valence-electron chi connectivity index (χ2n) is 5.71. The van der Waals surface area contributed by atoms with Gasteiger partial charge in [0.2, 0.25) is 5.95 Å². The van der Waals surface area contributed by atoms with Gasteiger partial charge in [-0.3, -0.25) is 4.98 Å². The summed E-state index contributed by atoms with van der Waals surface area (Å²) in [6.07, 6.45) is 6.30. The van der Waals surface area contributed by atoms with E-state index in [0.29, 0.717) is 12.5 Å². The van der Waals surface area contributed by atoms with Crippen molar-refractivity contribution in [3.05, 3.63) is 77.2 Å². The number of halogens is 1. The first kappa shape index (κ1) is 17.2. The Hall–Kier alpha value is -2.66. The first-order valence-electron chi connectivity index (χ1n) is 8.13. The summed E-state index contributed by atoms with van der Waals surface area (Å²) in [5.74, 6) is 1.47. The van der Waals surface area contributed by atoms with Crippen LogP contribution in [0.5, 0.6) is 0 Å². The van der Waals surface area contributed by atoms with E-state index in [2.05, 4.69) is 20.3 Å². The van der Waals surface area contributed by atoms with E-state index < -0.39 is 0 Å². The maximum Gasteiger partial charge on any atom is 0.226 e. The minimum Gasteiger partial charge on any atom is -0.366 e. The average molecular weight is 354 g/mol. The van der Waals surface area contributed by atoms with E-state index in [1.807, 2.05) is 66.8 Å². The Morgan fingerprint density at radius 3 is 2.64 bits per heavy atom. The van der Waals surface area contributed by atoms with Gasteiger partial charge in [0.05, 0.1) is 0 Å².